The van der Waals surface area contributed by atoms with Crippen molar-refractivity contribution in [3.63, 3.8) is 0 Å². The molecular formula is C10H16O2. The molecule has 0 spiro atoms. The highest BCUT2D eigenvalue weighted by atomic mass is 16.4. The zero-order valence-corrected chi connectivity index (χ0v) is 7.76. The number of carboxylic acids is 1. The summed E-state index contributed by atoms with van der Waals surface area (Å²) in [4.78, 5) is 10.6. The standard InChI is InChI=1S/C10H16O2/c1-7-4-5-10(3,8(7)2)6-9(11)12/h8H,1,4-6H2,2-3H3,(H,11,12). The van der Waals surface area contributed by atoms with E-state index in [1.165, 1.54) is 5.57 Å². The molecule has 0 saturated heterocycles. The van der Waals surface area contributed by atoms with Gasteiger partial charge in [-0.15, -0.1) is 0 Å². The number of hydrogen-bond acceptors (Lipinski definition) is 1. The summed E-state index contributed by atoms with van der Waals surface area (Å²) in [6, 6.07) is 0. The zero-order chi connectivity index (χ0) is 9.35. The molecule has 2 atom stereocenters. The van der Waals surface area contributed by atoms with E-state index in [-0.39, 0.29) is 11.8 Å². The van der Waals surface area contributed by atoms with Gasteiger partial charge in [-0.3, -0.25) is 4.79 Å². The molecule has 0 heterocycles. The van der Waals surface area contributed by atoms with Gasteiger partial charge < -0.3 is 5.11 Å². The van der Waals surface area contributed by atoms with Crippen molar-refractivity contribution in [2.75, 3.05) is 0 Å². The van der Waals surface area contributed by atoms with E-state index < -0.39 is 5.97 Å². The van der Waals surface area contributed by atoms with Gasteiger partial charge in [0, 0.05) is 0 Å². The van der Waals surface area contributed by atoms with Crippen LogP contribution < -0.4 is 0 Å². The highest BCUT2D eigenvalue weighted by Gasteiger charge is 2.39. The van der Waals surface area contributed by atoms with Crippen LogP contribution in [-0.4, -0.2) is 11.1 Å². The Morgan fingerprint density at radius 2 is 2.42 bits per heavy atom. The van der Waals surface area contributed by atoms with Crippen LogP contribution in [0.3, 0.4) is 0 Å². The predicted molar refractivity (Wildman–Crippen MR) is 47.9 cm³/mol. The van der Waals surface area contributed by atoms with Crippen molar-refractivity contribution in [3.8, 4) is 0 Å². The SMILES string of the molecule is C=C1CCC(C)(CC(=O)O)C1C. The quantitative estimate of drug-likeness (QED) is 0.643. The predicted octanol–water partition coefficient (Wildman–Crippen LogP) is 2.45. The third-order valence-corrected chi connectivity index (χ3v) is 3.23. The number of carbonyl (C=O) groups is 1. The third kappa shape index (κ3) is 1.52. The van der Waals surface area contributed by atoms with Crippen molar-refractivity contribution < 1.29 is 9.90 Å². The maximum Gasteiger partial charge on any atom is 0.303 e. The van der Waals surface area contributed by atoms with Crippen LogP contribution in [0.2, 0.25) is 0 Å². The molecule has 0 aromatic heterocycles. The average Bonchev–Trinajstić information content (AvgIpc) is 2.16. The van der Waals surface area contributed by atoms with Crippen LogP contribution in [0, 0.1) is 11.3 Å². The summed E-state index contributed by atoms with van der Waals surface area (Å²) in [5.74, 6) is -0.340. The van der Waals surface area contributed by atoms with Gasteiger partial charge in [-0.25, -0.2) is 0 Å². The number of allylic oxidation sites excluding steroid dienone is 1. The molecule has 0 aliphatic heterocycles. The smallest absolute Gasteiger partial charge is 0.303 e. The molecule has 0 bridgehead atoms. The molecule has 1 saturated carbocycles. The fourth-order valence-corrected chi connectivity index (χ4v) is 1.96. The molecule has 1 aliphatic carbocycles. The van der Waals surface area contributed by atoms with Crippen LogP contribution in [-0.2, 0) is 4.79 Å². The first kappa shape index (κ1) is 9.30. The lowest BCUT2D eigenvalue weighted by atomic mass is 9.77. The molecule has 0 aromatic rings. The first-order chi connectivity index (χ1) is 5.46. The first-order valence-corrected chi connectivity index (χ1v) is 4.35. The summed E-state index contributed by atoms with van der Waals surface area (Å²) >= 11 is 0. The van der Waals surface area contributed by atoms with Crippen molar-refractivity contribution in [1.29, 1.82) is 0 Å². The lowest BCUT2D eigenvalue weighted by Crippen LogP contribution is -2.23. The topological polar surface area (TPSA) is 37.3 Å². The second-order valence-corrected chi connectivity index (χ2v) is 4.10. The molecular weight excluding hydrogens is 152 g/mol. The Kier molecular flexibility index (Phi) is 2.27. The van der Waals surface area contributed by atoms with Crippen molar-refractivity contribution in [3.05, 3.63) is 12.2 Å². The minimum atomic E-state index is -0.695. The van der Waals surface area contributed by atoms with Crippen molar-refractivity contribution in [2.24, 2.45) is 11.3 Å². The largest absolute Gasteiger partial charge is 0.481 e. The summed E-state index contributed by atoms with van der Waals surface area (Å²) in [6.45, 7) is 8.07. The van der Waals surface area contributed by atoms with Gasteiger partial charge in [0.25, 0.3) is 0 Å². The minimum Gasteiger partial charge on any atom is -0.481 e. The molecule has 2 unspecified atom stereocenters. The van der Waals surface area contributed by atoms with Gasteiger partial charge in [-0.1, -0.05) is 26.0 Å². The maximum absolute atomic E-state index is 10.6. The molecule has 2 nitrogen and oxygen atoms in total. The van der Waals surface area contributed by atoms with Crippen LogP contribution >= 0.6 is 0 Å². The van der Waals surface area contributed by atoms with E-state index in [1.807, 2.05) is 6.92 Å². The Bertz CT molecular complexity index is 220. The normalized spacial score (nSPS) is 35.5. The van der Waals surface area contributed by atoms with Crippen LogP contribution in [0.1, 0.15) is 33.1 Å². The van der Waals surface area contributed by atoms with Gasteiger partial charge in [0.1, 0.15) is 0 Å². The van der Waals surface area contributed by atoms with Gasteiger partial charge in [0.05, 0.1) is 6.42 Å². The minimum absolute atomic E-state index is 0.0527. The summed E-state index contributed by atoms with van der Waals surface area (Å²) in [5.41, 5.74) is 1.15. The van der Waals surface area contributed by atoms with E-state index in [0.29, 0.717) is 5.92 Å². The van der Waals surface area contributed by atoms with Gasteiger partial charge in [0.2, 0.25) is 0 Å². The Morgan fingerprint density at radius 3 is 2.75 bits per heavy atom. The molecule has 1 fully saturated rings. The van der Waals surface area contributed by atoms with Crippen molar-refractivity contribution in [1.82, 2.24) is 0 Å². The molecule has 2 heteroatoms. The van der Waals surface area contributed by atoms with E-state index in [2.05, 4.69) is 13.5 Å². The van der Waals surface area contributed by atoms with Gasteiger partial charge >= 0.3 is 5.97 Å². The number of carboxylic acid groups (broad SMARTS) is 1. The summed E-state index contributed by atoms with van der Waals surface area (Å²) in [5, 5.41) is 8.71. The highest BCUT2D eigenvalue weighted by Crippen LogP contribution is 2.47. The number of rotatable bonds is 2. The van der Waals surface area contributed by atoms with E-state index in [4.69, 9.17) is 5.11 Å². The summed E-state index contributed by atoms with van der Waals surface area (Å²) in [7, 11) is 0. The fraction of sp³-hybridized carbons (Fsp3) is 0.700. The highest BCUT2D eigenvalue weighted by molar-refractivity contribution is 5.68. The van der Waals surface area contributed by atoms with E-state index >= 15 is 0 Å². The molecule has 1 N–H and O–H groups in total. The second-order valence-electron chi connectivity index (χ2n) is 4.10. The average molecular weight is 168 g/mol. The molecule has 1 aliphatic rings. The Morgan fingerprint density at radius 1 is 1.83 bits per heavy atom. The fourth-order valence-electron chi connectivity index (χ4n) is 1.96. The Labute approximate surface area is 73.3 Å². The second kappa shape index (κ2) is 2.92. The lowest BCUT2D eigenvalue weighted by molar-refractivity contribution is -0.139. The monoisotopic (exact) mass is 168 g/mol. The van der Waals surface area contributed by atoms with Crippen molar-refractivity contribution in [2.45, 2.75) is 33.1 Å². The van der Waals surface area contributed by atoms with Crippen LogP contribution in [0.4, 0.5) is 0 Å². The third-order valence-electron chi connectivity index (χ3n) is 3.23. The molecule has 12 heavy (non-hydrogen) atoms. The Balaban J connectivity index is 2.72. The van der Waals surface area contributed by atoms with Gasteiger partial charge in [-0.2, -0.15) is 0 Å². The summed E-state index contributed by atoms with van der Waals surface area (Å²) < 4.78 is 0. The molecule has 68 valence electrons. The van der Waals surface area contributed by atoms with E-state index in [0.717, 1.165) is 12.8 Å². The Hall–Kier alpha value is -0.790. The molecule has 1 rings (SSSR count). The van der Waals surface area contributed by atoms with Gasteiger partial charge in [0.15, 0.2) is 0 Å². The molecule has 0 aromatic carbocycles. The maximum atomic E-state index is 10.6. The van der Waals surface area contributed by atoms with Gasteiger partial charge in [-0.05, 0) is 24.2 Å². The van der Waals surface area contributed by atoms with Crippen molar-refractivity contribution >= 4 is 5.97 Å². The summed E-state index contributed by atoms with van der Waals surface area (Å²) in [6.07, 6.45) is 2.23. The van der Waals surface area contributed by atoms with Crippen LogP contribution in [0.5, 0.6) is 0 Å². The zero-order valence-electron chi connectivity index (χ0n) is 7.76. The molecule has 0 radical (unpaired) electrons. The van der Waals surface area contributed by atoms with Crippen LogP contribution in [0.25, 0.3) is 0 Å². The van der Waals surface area contributed by atoms with E-state index in [1.54, 1.807) is 0 Å². The lowest BCUT2D eigenvalue weighted by Gasteiger charge is -2.27. The number of aliphatic carboxylic acids is 1. The first-order valence-electron chi connectivity index (χ1n) is 4.35. The van der Waals surface area contributed by atoms with E-state index in [9.17, 15) is 4.79 Å². The van der Waals surface area contributed by atoms with Crippen LogP contribution in [0.15, 0.2) is 12.2 Å². The molecule has 0 amide bonds. The number of hydrogen-bond donors (Lipinski definition) is 1.